The van der Waals surface area contributed by atoms with E-state index in [1.165, 1.54) is 115 Å². The van der Waals surface area contributed by atoms with Crippen LogP contribution in [-0.2, 0) is 18.4 Å². The summed E-state index contributed by atoms with van der Waals surface area (Å²) < 4.78 is 22.9. The molecule has 0 aromatic rings. The number of aliphatic hydroxyl groups excluding tert-OH is 7. The molecule has 1 saturated carbocycles. The molecular weight excluding hydrogens is 862 g/mol. The minimum atomic E-state index is -5.16. The molecule has 0 saturated heterocycles. The Labute approximate surface area is 399 Å². The molecule has 9 N–H and O–H groups in total. The van der Waals surface area contributed by atoms with Crippen molar-refractivity contribution in [1.29, 1.82) is 0 Å². The lowest BCUT2D eigenvalue weighted by atomic mass is 9.85. The molecule has 13 nitrogen and oxygen atoms in total. The monoisotopic (exact) mass is 958 g/mol. The first-order valence-corrected chi connectivity index (χ1v) is 27.7. The minimum Gasteiger partial charge on any atom is -0.393 e. The van der Waals surface area contributed by atoms with Gasteiger partial charge in [-0.25, -0.2) is 4.57 Å². The van der Waals surface area contributed by atoms with Gasteiger partial charge < -0.3 is 46.0 Å². The highest BCUT2D eigenvalue weighted by molar-refractivity contribution is 7.47. The van der Waals surface area contributed by atoms with Crippen LogP contribution in [0, 0.1) is 0 Å². The summed E-state index contributed by atoms with van der Waals surface area (Å²) in [5.74, 6) is -0.612. The molecule has 1 amide bonds. The second-order valence-electron chi connectivity index (χ2n) is 18.5. The maximum absolute atomic E-state index is 13.0. The van der Waals surface area contributed by atoms with Gasteiger partial charge in [0.05, 0.1) is 31.3 Å². The van der Waals surface area contributed by atoms with Crippen molar-refractivity contribution in [2.45, 2.75) is 268 Å². The van der Waals surface area contributed by atoms with E-state index < -0.39 is 75.2 Å². The number of nitrogens with one attached hydrogen (secondary N) is 1. The highest BCUT2D eigenvalue weighted by Gasteiger charge is 2.51. The lowest BCUT2D eigenvalue weighted by Crippen LogP contribution is -2.64. The van der Waals surface area contributed by atoms with Crippen LogP contribution >= 0.6 is 7.82 Å². The number of phosphoric acid groups is 1. The van der Waals surface area contributed by atoms with Gasteiger partial charge in [-0.2, -0.15) is 0 Å². The molecule has 8 unspecified atom stereocenters. The van der Waals surface area contributed by atoms with Crippen LogP contribution in [0.3, 0.4) is 0 Å². The molecular formula is C52H96NO12P. The minimum absolute atomic E-state index is 0.262. The van der Waals surface area contributed by atoms with Gasteiger partial charge in [0.2, 0.25) is 5.91 Å². The van der Waals surface area contributed by atoms with Crippen molar-refractivity contribution in [2.24, 2.45) is 0 Å². The SMILES string of the molecule is CCCCCCCC/C=C/CC/C=C/CC/C=C/C(O)C(COP(=O)(O)OC1C(O)C(O)C(O)C(O)C1O)NC(=O)CC(O)CCCCCCC/C=C\CCCCCCCCCCCCC. The van der Waals surface area contributed by atoms with Gasteiger partial charge in [0, 0.05) is 0 Å². The number of amides is 1. The number of rotatable bonds is 43. The van der Waals surface area contributed by atoms with Crippen molar-refractivity contribution in [3.8, 4) is 0 Å². The van der Waals surface area contributed by atoms with Gasteiger partial charge in [-0.15, -0.1) is 0 Å². The molecule has 66 heavy (non-hydrogen) atoms. The molecule has 14 heteroatoms. The largest absolute Gasteiger partial charge is 0.472 e. The lowest BCUT2D eigenvalue weighted by molar-refractivity contribution is -0.220. The number of aliphatic hydroxyl groups is 7. The first-order chi connectivity index (χ1) is 31.8. The van der Waals surface area contributed by atoms with Crippen LogP contribution in [-0.4, -0.2) is 108 Å². The second kappa shape index (κ2) is 41.1. The van der Waals surface area contributed by atoms with Crippen molar-refractivity contribution in [3.05, 3.63) is 48.6 Å². The zero-order valence-electron chi connectivity index (χ0n) is 41.1. The highest BCUT2D eigenvalue weighted by atomic mass is 31.2. The van der Waals surface area contributed by atoms with Crippen LogP contribution < -0.4 is 5.32 Å². The molecule has 0 heterocycles. The topological polar surface area (TPSA) is 226 Å². The number of unbranched alkanes of at least 4 members (excludes halogenated alkanes) is 24. The second-order valence-corrected chi connectivity index (χ2v) is 19.9. The molecule has 1 aliphatic carbocycles. The number of phosphoric ester groups is 1. The van der Waals surface area contributed by atoms with Crippen LogP contribution in [0.4, 0.5) is 0 Å². The quantitative estimate of drug-likeness (QED) is 0.0158. The van der Waals surface area contributed by atoms with Crippen LogP contribution in [0.15, 0.2) is 48.6 Å². The van der Waals surface area contributed by atoms with Crippen LogP contribution in [0.2, 0.25) is 0 Å². The van der Waals surface area contributed by atoms with Gasteiger partial charge in [0.15, 0.2) is 0 Å². The molecule has 1 aliphatic rings. The summed E-state index contributed by atoms with van der Waals surface area (Å²) in [5, 5.41) is 74.6. The fraction of sp³-hybridized carbons (Fsp3) is 0.827. The van der Waals surface area contributed by atoms with Crippen LogP contribution in [0.1, 0.15) is 213 Å². The maximum atomic E-state index is 13.0. The number of carbonyl (C=O) groups excluding carboxylic acids is 1. The van der Waals surface area contributed by atoms with E-state index in [1.54, 1.807) is 6.08 Å². The van der Waals surface area contributed by atoms with Gasteiger partial charge in [-0.05, 0) is 70.6 Å². The van der Waals surface area contributed by atoms with E-state index in [4.69, 9.17) is 9.05 Å². The number of allylic oxidation sites excluding steroid dienone is 7. The van der Waals surface area contributed by atoms with Crippen molar-refractivity contribution in [2.75, 3.05) is 6.61 Å². The maximum Gasteiger partial charge on any atom is 0.472 e. The van der Waals surface area contributed by atoms with Crippen molar-refractivity contribution in [1.82, 2.24) is 5.32 Å². The van der Waals surface area contributed by atoms with Gasteiger partial charge in [-0.3, -0.25) is 13.8 Å². The third-order valence-electron chi connectivity index (χ3n) is 12.4. The van der Waals surface area contributed by atoms with E-state index in [0.717, 1.165) is 64.2 Å². The first-order valence-electron chi connectivity index (χ1n) is 26.2. The van der Waals surface area contributed by atoms with E-state index in [-0.39, 0.29) is 6.42 Å². The molecule has 1 rings (SSSR count). The van der Waals surface area contributed by atoms with Crippen molar-refractivity contribution in [3.63, 3.8) is 0 Å². The Kier molecular flexibility index (Phi) is 38.8. The predicted molar refractivity (Wildman–Crippen MR) is 266 cm³/mol. The molecule has 0 radical (unpaired) electrons. The molecule has 0 bridgehead atoms. The average molecular weight is 958 g/mol. The van der Waals surface area contributed by atoms with Crippen LogP contribution in [0.5, 0.6) is 0 Å². The van der Waals surface area contributed by atoms with E-state index >= 15 is 0 Å². The fourth-order valence-electron chi connectivity index (χ4n) is 8.09. The molecule has 0 aliphatic heterocycles. The lowest BCUT2D eigenvalue weighted by Gasteiger charge is -2.41. The Morgan fingerprint density at radius 1 is 0.530 bits per heavy atom. The zero-order valence-corrected chi connectivity index (χ0v) is 42.0. The van der Waals surface area contributed by atoms with Gasteiger partial charge in [0.1, 0.15) is 36.6 Å². The molecule has 0 spiro atoms. The number of carbonyl (C=O) groups is 1. The third-order valence-corrected chi connectivity index (χ3v) is 13.3. The zero-order chi connectivity index (χ0) is 48.7. The molecule has 8 atom stereocenters. The van der Waals surface area contributed by atoms with Crippen molar-refractivity contribution >= 4 is 13.7 Å². The van der Waals surface area contributed by atoms with E-state index in [2.05, 4.69) is 55.6 Å². The normalized spacial score (nSPS) is 22.8. The smallest absolute Gasteiger partial charge is 0.393 e. The predicted octanol–water partition coefficient (Wildman–Crippen LogP) is 9.87. The Hall–Kier alpha value is -1.74. The third kappa shape index (κ3) is 32.1. The molecule has 1 fully saturated rings. The molecule has 0 aromatic carbocycles. The van der Waals surface area contributed by atoms with Gasteiger partial charge >= 0.3 is 7.82 Å². The fourth-order valence-corrected chi connectivity index (χ4v) is 9.06. The van der Waals surface area contributed by atoms with E-state index in [1.807, 2.05) is 0 Å². The highest BCUT2D eigenvalue weighted by Crippen LogP contribution is 2.47. The Bertz CT molecular complexity index is 1310. The summed E-state index contributed by atoms with van der Waals surface area (Å²) >= 11 is 0. The summed E-state index contributed by atoms with van der Waals surface area (Å²) in [6.45, 7) is 3.73. The van der Waals surface area contributed by atoms with Crippen molar-refractivity contribution < 1.29 is 59.0 Å². The number of hydrogen-bond donors (Lipinski definition) is 9. The number of hydrogen-bond acceptors (Lipinski definition) is 11. The summed E-state index contributed by atoms with van der Waals surface area (Å²) in [5.41, 5.74) is 0. The van der Waals surface area contributed by atoms with Crippen LogP contribution in [0.25, 0.3) is 0 Å². The molecule has 0 aromatic heterocycles. The standard InChI is InChI=1S/C52H96NO12P/c1-3-5-7-9-11-13-15-17-19-21-22-23-24-25-27-29-31-33-35-37-39-43(54)41-46(56)53-44(42-64-66(62,63)65-52-50(60)48(58)47(57)49(59)51(52)61)45(55)40-38-36-34-32-30-28-26-20-18-16-14-12-10-8-6-4-2/h18,20,24-25,30,32,38,40,43-45,47-52,54-55,57-61H,3-17,19,21-23,26-29,31,33-37,39,41-42H2,1-2H3,(H,53,56)(H,62,63)/b20-18+,25-24-,32-30+,40-38+. The summed E-state index contributed by atoms with van der Waals surface area (Å²) in [7, 11) is -5.16. The average Bonchev–Trinajstić information content (AvgIpc) is 3.29. The van der Waals surface area contributed by atoms with Gasteiger partial charge in [-0.1, -0.05) is 184 Å². The summed E-state index contributed by atoms with van der Waals surface area (Å²) in [4.78, 5) is 23.5. The Morgan fingerprint density at radius 3 is 1.33 bits per heavy atom. The van der Waals surface area contributed by atoms with Gasteiger partial charge in [0.25, 0.3) is 0 Å². The first kappa shape index (κ1) is 62.3. The van der Waals surface area contributed by atoms with E-state index in [9.17, 15) is 50.0 Å². The summed E-state index contributed by atoms with van der Waals surface area (Å²) in [6, 6.07) is -1.27. The molecule has 386 valence electrons. The van der Waals surface area contributed by atoms with E-state index in [0.29, 0.717) is 19.3 Å². The summed E-state index contributed by atoms with van der Waals surface area (Å²) in [6.07, 6.45) is 36.3. The Balaban J connectivity index is 2.50. The Morgan fingerprint density at radius 2 is 0.894 bits per heavy atom.